The van der Waals surface area contributed by atoms with Gasteiger partial charge >= 0.3 is 0 Å². The molecule has 0 saturated heterocycles. The van der Waals surface area contributed by atoms with E-state index in [9.17, 15) is 0 Å². The number of fused-ring (bicyclic) bond motifs is 1. The fraction of sp³-hybridized carbons (Fsp3) is 0.0645. The van der Waals surface area contributed by atoms with Gasteiger partial charge in [0.25, 0.3) is 0 Å². The van der Waals surface area contributed by atoms with Crippen LogP contribution >= 0.6 is 0 Å². The first-order valence-electron chi connectivity index (χ1n) is 22.3. The number of nitrogens with zero attached hydrogens (tertiary/aromatic N) is 2. The van der Waals surface area contributed by atoms with E-state index < -0.39 is 0 Å². The average Bonchev–Trinajstić information content (AvgIpc) is 3.37. The van der Waals surface area contributed by atoms with E-state index in [0.717, 1.165) is 41.3 Å². The van der Waals surface area contributed by atoms with Gasteiger partial charge in [-0.25, -0.2) is 0 Å². The van der Waals surface area contributed by atoms with Crippen LogP contribution in [-0.4, -0.2) is 0 Å². The van der Waals surface area contributed by atoms with Crippen molar-refractivity contribution in [3.63, 3.8) is 0 Å². The summed E-state index contributed by atoms with van der Waals surface area (Å²) in [6.07, 6.45) is 11.1. The molecule has 0 saturated carbocycles. The summed E-state index contributed by atoms with van der Waals surface area (Å²) in [5, 5.41) is 0. The second-order valence-electron chi connectivity index (χ2n) is 16.5. The van der Waals surface area contributed by atoms with E-state index in [1.807, 2.05) is 0 Å². The second kappa shape index (κ2) is 18.2. The maximum atomic E-state index is 2.41. The van der Waals surface area contributed by atoms with E-state index >= 15 is 0 Å². The van der Waals surface area contributed by atoms with Crippen LogP contribution in [0.25, 0.3) is 56.7 Å². The van der Waals surface area contributed by atoms with E-state index in [1.54, 1.807) is 0 Å². The average molecular weight is 823 g/mol. The van der Waals surface area contributed by atoms with Gasteiger partial charge in [-0.15, -0.1) is 0 Å². The Morgan fingerprint density at radius 3 is 1.30 bits per heavy atom. The molecule has 0 heterocycles. The minimum atomic E-state index is 1.06. The monoisotopic (exact) mass is 822 g/mol. The van der Waals surface area contributed by atoms with Gasteiger partial charge in [-0.1, -0.05) is 176 Å². The molecule has 10 rings (SSSR count). The van der Waals surface area contributed by atoms with E-state index in [1.165, 1.54) is 72.4 Å². The van der Waals surface area contributed by atoms with Crippen LogP contribution in [0.2, 0.25) is 0 Å². The minimum absolute atomic E-state index is 1.06. The van der Waals surface area contributed by atoms with Gasteiger partial charge in [0.05, 0.1) is 11.4 Å². The molecular weight excluding hydrogens is 773 g/mol. The van der Waals surface area contributed by atoms with Gasteiger partial charge in [0.1, 0.15) is 0 Å². The lowest BCUT2D eigenvalue weighted by Gasteiger charge is -2.29. The molecule has 0 atom stereocenters. The van der Waals surface area contributed by atoms with Crippen LogP contribution in [0.4, 0.5) is 34.1 Å². The molecule has 0 unspecified atom stereocenters. The fourth-order valence-corrected chi connectivity index (χ4v) is 9.09. The Bertz CT molecular complexity index is 2910. The Labute approximate surface area is 378 Å². The highest BCUT2D eigenvalue weighted by Crippen LogP contribution is 2.43. The van der Waals surface area contributed by atoms with Gasteiger partial charge in [-0.3, -0.25) is 0 Å². The number of hydrogen-bond acceptors (Lipinski definition) is 2. The first-order chi connectivity index (χ1) is 31.6. The van der Waals surface area contributed by atoms with Gasteiger partial charge < -0.3 is 9.80 Å². The third-order valence-corrected chi connectivity index (χ3v) is 12.4. The molecule has 1 aliphatic rings. The molecule has 64 heavy (non-hydrogen) atoms. The van der Waals surface area contributed by atoms with Crippen molar-refractivity contribution in [3.05, 3.63) is 253 Å². The molecule has 0 amide bonds. The molecule has 0 spiro atoms. The Morgan fingerprint density at radius 2 is 0.797 bits per heavy atom. The Kier molecular flexibility index (Phi) is 11.4. The third-order valence-electron chi connectivity index (χ3n) is 12.4. The molecule has 9 aromatic carbocycles. The van der Waals surface area contributed by atoms with Crippen molar-refractivity contribution in [2.45, 2.75) is 26.7 Å². The zero-order chi connectivity index (χ0) is 43.2. The summed E-state index contributed by atoms with van der Waals surface area (Å²) < 4.78 is 0. The molecule has 0 fully saturated rings. The first-order valence-corrected chi connectivity index (χ1v) is 22.3. The Hall–Kier alpha value is -7.94. The Balaban J connectivity index is 0.963. The summed E-state index contributed by atoms with van der Waals surface area (Å²) in [5.41, 5.74) is 21.5. The van der Waals surface area contributed by atoms with Crippen LogP contribution in [0.5, 0.6) is 0 Å². The number of rotatable bonds is 11. The summed E-state index contributed by atoms with van der Waals surface area (Å²) in [7, 11) is 0. The van der Waals surface area contributed by atoms with Crippen LogP contribution < -0.4 is 9.80 Å². The fourth-order valence-electron chi connectivity index (χ4n) is 9.09. The van der Waals surface area contributed by atoms with Crippen molar-refractivity contribution in [2.24, 2.45) is 0 Å². The van der Waals surface area contributed by atoms with Crippen molar-refractivity contribution < 1.29 is 0 Å². The van der Waals surface area contributed by atoms with E-state index in [2.05, 4.69) is 266 Å². The van der Waals surface area contributed by atoms with E-state index in [0.29, 0.717) is 0 Å². The topological polar surface area (TPSA) is 6.48 Å². The summed E-state index contributed by atoms with van der Waals surface area (Å²) in [6.45, 7) is 4.27. The molecule has 1 aliphatic carbocycles. The van der Waals surface area contributed by atoms with Crippen molar-refractivity contribution >= 4 is 46.3 Å². The highest BCUT2D eigenvalue weighted by Gasteiger charge is 2.20. The number of anilines is 6. The molecular formula is C62H50N2. The van der Waals surface area contributed by atoms with Gasteiger partial charge in [-0.2, -0.15) is 0 Å². The molecule has 308 valence electrons. The van der Waals surface area contributed by atoms with E-state index in [4.69, 9.17) is 0 Å². The van der Waals surface area contributed by atoms with Crippen molar-refractivity contribution in [1.29, 1.82) is 0 Å². The largest absolute Gasteiger partial charge is 0.310 e. The SMILES string of the molecule is C/C=C\c1c(C)cccc1N(c1ccc(-c2ccccc2)cc1)c1ccc(-c2cccc(-c3ccc(N(c4ccc(-c5ccccc5)cc4)c4cccc5c4C=CCC5)cc3)c2)cc1. The standard InChI is InChI=1S/C62H50N2/c1-3-15-59-45(2)16-12-26-61(59)63(55-36-28-48(29-37-55)46-17-6-4-7-18-46)56-40-32-50(33-41-56)53-23-13-24-54(44-53)51-34-42-58(43-35-51)64(62-27-14-22-52-21-10-11-25-60(52)62)57-38-30-49(31-39-57)47-19-8-5-9-20-47/h3-9,11-20,22-44H,10,21H2,1-2H3/b15-3-. The number of aryl methyl sites for hydroxylation is 2. The second-order valence-corrected chi connectivity index (χ2v) is 16.5. The van der Waals surface area contributed by atoms with Gasteiger partial charge in [-0.05, 0) is 149 Å². The van der Waals surface area contributed by atoms with Crippen LogP contribution in [0.3, 0.4) is 0 Å². The minimum Gasteiger partial charge on any atom is -0.310 e. The summed E-state index contributed by atoms with van der Waals surface area (Å²) in [4.78, 5) is 4.78. The molecule has 0 aliphatic heterocycles. The van der Waals surface area contributed by atoms with Gasteiger partial charge in [0.2, 0.25) is 0 Å². The lowest BCUT2D eigenvalue weighted by atomic mass is 9.94. The predicted octanol–water partition coefficient (Wildman–Crippen LogP) is 17.6. The lowest BCUT2D eigenvalue weighted by Crippen LogP contribution is -2.13. The molecule has 2 nitrogen and oxygen atoms in total. The van der Waals surface area contributed by atoms with Crippen molar-refractivity contribution in [3.8, 4) is 44.5 Å². The summed E-state index contributed by atoms with van der Waals surface area (Å²) in [5.74, 6) is 0. The number of allylic oxidation sites excluding steroid dienone is 2. The van der Waals surface area contributed by atoms with Crippen LogP contribution in [0, 0.1) is 6.92 Å². The molecule has 9 aromatic rings. The lowest BCUT2D eigenvalue weighted by molar-refractivity contribution is 0.984. The molecule has 0 bridgehead atoms. The summed E-state index contributed by atoms with van der Waals surface area (Å²) >= 11 is 0. The number of benzene rings is 9. The first kappa shape index (κ1) is 40.2. The van der Waals surface area contributed by atoms with Gasteiger partial charge in [0.15, 0.2) is 0 Å². The van der Waals surface area contributed by atoms with Gasteiger partial charge in [0, 0.05) is 33.9 Å². The van der Waals surface area contributed by atoms with Crippen LogP contribution in [0.15, 0.2) is 231 Å². The highest BCUT2D eigenvalue weighted by atomic mass is 15.1. The normalized spacial score (nSPS) is 12.0. The Morgan fingerprint density at radius 1 is 0.391 bits per heavy atom. The maximum absolute atomic E-state index is 2.41. The zero-order valence-electron chi connectivity index (χ0n) is 36.4. The summed E-state index contributed by atoms with van der Waals surface area (Å²) in [6, 6.07) is 79.3. The molecule has 0 N–H and O–H groups in total. The predicted molar refractivity (Wildman–Crippen MR) is 274 cm³/mol. The van der Waals surface area contributed by atoms with Crippen molar-refractivity contribution in [1.82, 2.24) is 0 Å². The maximum Gasteiger partial charge on any atom is 0.0536 e. The smallest absolute Gasteiger partial charge is 0.0536 e. The van der Waals surface area contributed by atoms with Crippen LogP contribution in [0.1, 0.15) is 35.6 Å². The molecule has 2 heteroatoms. The third kappa shape index (κ3) is 8.22. The van der Waals surface area contributed by atoms with Crippen LogP contribution in [-0.2, 0) is 6.42 Å². The number of hydrogen-bond donors (Lipinski definition) is 0. The molecule has 0 aromatic heterocycles. The van der Waals surface area contributed by atoms with Crippen molar-refractivity contribution in [2.75, 3.05) is 9.80 Å². The van der Waals surface area contributed by atoms with E-state index in [-0.39, 0.29) is 0 Å². The zero-order valence-corrected chi connectivity index (χ0v) is 36.4. The quantitative estimate of drug-likeness (QED) is 0.128. The highest BCUT2D eigenvalue weighted by molar-refractivity contribution is 5.87. The molecule has 0 radical (unpaired) electrons.